The molecule has 0 saturated carbocycles. The van der Waals surface area contributed by atoms with E-state index in [2.05, 4.69) is 10.3 Å². The Bertz CT molecular complexity index is 305. The fourth-order valence-corrected chi connectivity index (χ4v) is 1.90. The highest BCUT2D eigenvalue weighted by Crippen LogP contribution is 2.35. The molecule has 1 heterocycles. The number of aromatic nitrogens is 1. The van der Waals surface area contributed by atoms with Crippen molar-refractivity contribution in [1.82, 2.24) is 4.98 Å². The van der Waals surface area contributed by atoms with Gasteiger partial charge in [-0.2, -0.15) is 13.2 Å². The standard InChI is InChI=1S/C9H13F3N2S/c1-3-6(4-2)14-8-13-5-7(15-8)9(10,11)12/h5-6H,3-4H2,1-2H3,(H,13,14). The van der Waals surface area contributed by atoms with Crippen LogP contribution in [0.4, 0.5) is 18.3 Å². The molecule has 0 aliphatic heterocycles. The van der Waals surface area contributed by atoms with E-state index in [0.29, 0.717) is 16.5 Å². The SMILES string of the molecule is CCC(CC)Nc1ncc(C(F)(F)F)s1. The molecule has 0 unspecified atom stereocenters. The van der Waals surface area contributed by atoms with Crippen LogP contribution >= 0.6 is 11.3 Å². The van der Waals surface area contributed by atoms with Gasteiger partial charge in [-0.15, -0.1) is 0 Å². The van der Waals surface area contributed by atoms with Crippen molar-refractivity contribution in [2.24, 2.45) is 0 Å². The number of rotatable bonds is 4. The molecule has 0 bridgehead atoms. The number of hydrogen-bond donors (Lipinski definition) is 1. The van der Waals surface area contributed by atoms with Gasteiger partial charge >= 0.3 is 6.18 Å². The van der Waals surface area contributed by atoms with E-state index in [-0.39, 0.29) is 6.04 Å². The first-order valence-electron chi connectivity index (χ1n) is 4.77. The predicted octanol–water partition coefficient (Wildman–Crippen LogP) is 3.76. The van der Waals surface area contributed by atoms with Crippen LogP contribution in [0.25, 0.3) is 0 Å². The summed E-state index contributed by atoms with van der Waals surface area (Å²) >= 11 is 0.652. The number of anilines is 1. The molecule has 0 spiro atoms. The average molecular weight is 238 g/mol. The Kier molecular flexibility index (Phi) is 3.96. The molecule has 1 aromatic heterocycles. The van der Waals surface area contributed by atoms with Crippen molar-refractivity contribution in [2.75, 3.05) is 5.32 Å². The van der Waals surface area contributed by atoms with Gasteiger partial charge in [-0.25, -0.2) is 4.98 Å². The van der Waals surface area contributed by atoms with E-state index in [1.807, 2.05) is 13.8 Å². The van der Waals surface area contributed by atoms with E-state index in [4.69, 9.17) is 0 Å². The molecule has 1 aromatic rings. The van der Waals surface area contributed by atoms with Crippen LogP contribution in [0.2, 0.25) is 0 Å². The molecular formula is C9H13F3N2S. The third kappa shape index (κ3) is 3.37. The van der Waals surface area contributed by atoms with Crippen LogP contribution in [-0.4, -0.2) is 11.0 Å². The van der Waals surface area contributed by atoms with E-state index >= 15 is 0 Å². The van der Waals surface area contributed by atoms with Crippen molar-refractivity contribution >= 4 is 16.5 Å². The molecule has 1 rings (SSSR count). The third-order valence-electron chi connectivity index (χ3n) is 2.10. The lowest BCUT2D eigenvalue weighted by Crippen LogP contribution is -2.16. The van der Waals surface area contributed by atoms with Crippen molar-refractivity contribution in [3.05, 3.63) is 11.1 Å². The van der Waals surface area contributed by atoms with Crippen molar-refractivity contribution in [2.45, 2.75) is 38.9 Å². The van der Waals surface area contributed by atoms with Gasteiger partial charge in [0.05, 0.1) is 6.20 Å². The topological polar surface area (TPSA) is 24.9 Å². The first-order chi connectivity index (χ1) is 6.97. The van der Waals surface area contributed by atoms with Crippen molar-refractivity contribution < 1.29 is 13.2 Å². The minimum Gasteiger partial charge on any atom is -0.359 e. The minimum absolute atomic E-state index is 0.192. The van der Waals surface area contributed by atoms with Gasteiger partial charge in [0.15, 0.2) is 5.13 Å². The lowest BCUT2D eigenvalue weighted by molar-refractivity contribution is -0.134. The van der Waals surface area contributed by atoms with Gasteiger partial charge in [0, 0.05) is 6.04 Å². The van der Waals surface area contributed by atoms with Gasteiger partial charge in [0.2, 0.25) is 0 Å². The summed E-state index contributed by atoms with van der Waals surface area (Å²) in [5, 5.41) is 3.32. The maximum Gasteiger partial charge on any atom is 0.427 e. The summed E-state index contributed by atoms with van der Waals surface area (Å²) in [5.41, 5.74) is 0. The highest BCUT2D eigenvalue weighted by Gasteiger charge is 2.33. The van der Waals surface area contributed by atoms with E-state index in [0.717, 1.165) is 19.0 Å². The maximum atomic E-state index is 12.2. The van der Waals surface area contributed by atoms with Crippen LogP contribution in [0.5, 0.6) is 0 Å². The number of nitrogens with zero attached hydrogens (tertiary/aromatic N) is 1. The van der Waals surface area contributed by atoms with Gasteiger partial charge in [0.1, 0.15) is 4.88 Å². The van der Waals surface area contributed by atoms with Gasteiger partial charge in [-0.3, -0.25) is 0 Å². The Morgan fingerprint density at radius 3 is 2.40 bits per heavy atom. The highest BCUT2D eigenvalue weighted by atomic mass is 32.1. The fraction of sp³-hybridized carbons (Fsp3) is 0.667. The summed E-state index contributed by atoms with van der Waals surface area (Å²) < 4.78 is 36.7. The van der Waals surface area contributed by atoms with Crippen LogP contribution in [0.15, 0.2) is 6.20 Å². The van der Waals surface area contributed by atoms with Gasteiger partial charge in [-0.1, -0.05) is 25.2 Å². The molecule has 86 valence electrons. The number of thiazole rings is 1. The third-order valence-corrected chi connectivity index (χ3v) is 3.07. The van der Waals surface area contributed by atoms with Crippen LogP contribution in [0.1, 0.15) is 31.6 Å². The Hall–Kier alpha value is -0.780. The number of hydrogen-bond acceptors (Lipinski definition) is 3. The van der Waals surface area contributed by atoms with Crippen LogP contribution < -0.4 is 5.32 Å². The molecule has 0 fully saturated rings. The largest absolute Gasteiger partial charge is 0.427 e. The van der Waals surface area contributed by atoms with Crippen LogP contribution in [-0.2, 0) is 6.18 Å². The van der Waals surface area contributed by atoms with Crippen molar-refractivity contribution in [1.29, 1.82) is 0 Å². The molecule has 15 heavy (non-hydrogen) atoms. The molecule has 0 amide bonds. The van der Waals surface area contributed by atoms with Gasteiger partial charge in [-0.05, 0) is 12.8 Å². The summed E-state index contributed by atoms with van der Waals surface area (Å²) in [6, 6.07) is 0.192. The van der Waals surface area contributed by atoms with E-state index < -0.39 is 11.1 Å². The van der Waals surface area contributed by atoms with E-state index in [1.54, 1.807) is 0 Å². The van der Waals surface area contributed by atoms with Gasteiger partial charge < -0.3 is 5.32 Å². The summed E-state index contributed by atoms with van der Waals surface area (Å²) in [7, 11) is 0. The maximum absolute atomic E-state index is 12.2. The Balaban J connectivity index is 2.68. The second-order valence-corrected chi connectivity index (χ2v) is 4.22. The first kappa shape index (κ1) is 12.3. The second-order valence-electron chi connectivity index (χ2n) is 3.19. The summed E-state index contributed by atoms with van der Waals surface area (Å²) in [6.07, 6.45) is -1.67. The molecule has 0 aromatic carbocycles. The second kappa shape index (κ2) is 4.83. The van der Waals surface area contributed by atoms with E-state index in [9.17, 15) is 13.2 Å². The van der Waals surface area contributed by atoms with Crippen molar-refractivity contribution in [3.8, 4) is 0 Å². The van der Waals surface area contributed by atoms with Crippen molar-refractivity contribution in [3.63, 3.8) is 0 Å². The quantitative estimate of drug-likeness (QED) is 0.863. The summed E-state index contributed by atoms with van der Waals surface area (Å²) in [6.45, 7) is 3.97. The molecule has 2 nitrogen and oxygen atoms in total. The molecule has 0 radical (unpaired) electrons. The number of alkyl halides is 3. The Morgan fingerprint density at radius 2 is 2.00 bits per heavy atom. The lowest BCUT2D eigenvalue weighted by Gasteiger charge is -2.12. The van der Waals surface area contributed by atoms with Gasteiger partial charge in [0.25, 0.3) is 0 Å². The zero-order valence-corrected chi connectivity index (χ0v) is 9.37. The average Bonchev–Trinajstić information content (AvgIpc) is 2.61. The molecule has 0 aliphatic carbocycles. The lowest BCUT2D eigenvalue weighted by atomic mass is 10.2. The molecule has 6 heteroatoms. The smallest absolute Gasteiger partial charge is 0.359 e. The summed E-state index contributed by atoms with van der Waals surface area (Å²) in [5.74, 6) is 0. The molecule has 0 aliphatic rings. The zero-order valence-electron chi connectivity index (χ0n) is 8.56. The molecule has 1 N–H and O–H groups in total. The molecule has 0 atom stereocenters. The van der Waals surface area contributed by atoms with E-state index in [1.165, 1.54) is 0 Å². The highest BCUT2D eigenvalue weighted by molar-refractivity contribution is 7.15. The summed E-state index contributed by atoms with van der Waals surface area (Å²) in [4.78, 5) is 3.05. The van der Waals surface area contributed by atoms with Crippen LogP contribution in [0, 0.1) is 0 Å². The first-order valence-corrected chi connectivity index (χ1v) is 5.58. The predicted molar refractivity (Wildman–Crippen MR) is 55.1 cm³/mol. The monoisotopic (exact) mass is 238 g/mol. The number of nitrogens with one attached hydrogen (secondary N) is 1. The van der Waals surface area contributed by atoms with Crippen LogP contribution in [0.3, 0.4) is 0 Å². The Morgan fingerprint density at radius 1 is 1.40 bits per heavy atom. The molecular weight excluding hydrogens is 225 g/mol. The fourth-order valence-electron chi connectivity index (χ4n) is 1.14. The molecule has 0 saturated heterocycles. The normalized spacial score (nSPS) is 12.1. The zero-order chi connectivity index (χ0) is 11.5. The Labute approximate surface area is 90.5 Å². The number of halogens is 3. The minimum atomic E-state index is -4.29.